The van der Waals surface area contributed by atoms with Gasteiger partial charge in [0, 0.05) is 10.0 Å². The lowest BCUT2D eigenvalue weighted by molar-refractivity contribution is -0.123. The molecule has 0 aliphatic heterocycles. The first-order valence-electron chi connectivity index (χ1n) is 11.3. The largest absolute Gasteiger partial charge is 0.493 e. The number of rotatable bonds is 9. The van der Waals surface area contributed by atoms with Gasteiger partial charge >= 0.3 is 5.97 Å². The lowest BCUT2D eigenvalue weighted by atomic mass is 10.1. The summed E-state index contributed by atoms with van der Waals surface area (Å²) in [6.07, 6.45) is 1.38. The van der Waals surface area contributed by atoms with Crippen molar-refractivity contribution in [1.29, 1.82) is 0 Å². The van der Waals surface area contributed by atoms with Crippen LogP contribution in [0, 0.1) is 0 Å². The van der Waals surface area contributed by atoms with E-state index >= 15 is 0 Å². The van der Waals surface area contributed by atoms with Gasteiger partial charge in [0.15, 0.2) is 18.1 Å². The molecule has 4 aromatic rings. The molecule has 0 bridgehead atoms. The monoisotopic (exact) mass is 640 g/mol. The van der Waals surface area contributed by atoms with Crippen LogP contribution < -0.4 is 24.4 Å². The van der Waals surface area contributed by atoms with Crippen molar-refractivity contribution in [2.45, 2.75) is 0 Å². The molecule has 0 aromatic heterocycles. The molecule has 0 atom stereocenters. The fraction of sp³-hybridized carbons (Fsp3) is 0.107. The molecule has 0 aliphatic carbocycles. The Morgan fingerprint density at radius 1 is 0.868 bits per heavy atom. The van der Waals surface area contributed by atoms with Crippen LogP contribution in [0.15, 0.2) is 86.8 Å². The average molecular weight is 642 g/mol. The zero-order chi connectivity index (χ0) is 27.1. The number of carbonyl (C=O) groups excluding carboxylic acids is 2. The van der Waals surface area contributed by atoms with Crippen LogP contribution in [-0.4, -0.2) is 38.9 Å². The third-order valence-corrected chi connectivity index (χ3v) is 6.68. The number of nitrogens with zero attached hydrogens (tertiary/aromatic N) is 1. The number of amides is 1. The lowest BCUT2D eigenvalue weighted by Gasteiger charge is -2.11. The first-order valence-corrected chi connectivity index (χ1v) is 12.8. The molecule has 0 fully saturated rings. The Labute approximate surface area is 235 Å². The number of carbonyl (C=O) groups is 2. The van der Waals surface area contributed by atoms with Crippen molar-refractivity contribution < 1.29 is 28.5 Å². The molecule has 4 aromatic carbocycles. The zero-order valence-corrected chi connectivity index (χ0v) is 23.5. The molecule has 10 heteroatoms. The van der Waals surface area contributed by atoms with Crippen molar-refractivity contribution in [3.63, 3.8) is 0 Å². The van der Waals surface area contributed by atoms with Crippen molar-refractivity contribution in [2.75, 3.05) is 20.8 Å². The summed E-state index contributed by atoms with van der Waals surface area (Å²) in [6, 6.07) is 21.3. The Morgan fingerprint density at radius 2 is 1.61 bits per heavy atom. The smallest absolute Gasteiger partial charge is 0.343 e. The maximum atomic E-state index is 12.8. The number of ether oxygens (including phenoxy) is 4. The van der Waals surface area contributed by atoms with Crippen molar-refractivity contribution >= 4 is 60.7 Å². The molecular weight excluding hydrogens is 620 g/mol. The van der Waals surface area contributed by atoms with E-state index in [0.29, 0.717) is 22.8 Å². The van der Waals surface area contributed by atoms with Crippen LogP contribution in [0.1, 0.15) is 15.9 Å². The maximum Gasteiger partial charge on any atom is 0.343 e. The minimum absolute atomic E-state index is 0.242. The molecule has 0 saturated carbocycles. The second-order valence-corrected chi connectivity index (χ2v) is 9.53. The summed E-state index contributed by atoms with van der Waals surface area (Å²) >= 11 is 6.93. The quantitative estimate of drug-likeness (QED) is 0.102. The van der Waals surface area contributed by atoms with Crippen LogP contribution in [0.25, 0.3) is 10.8 Å². The van der Waals surface area contributed by atoms with Crippen LogP contribution >= 0.6 is 31.9 Å². The van der Waals surface area contributed by atoms with E-state index in [1.54, 1.807) is 36.4 Å². The summed E-state index contributed by atoms with van der Waals surface area (Å²) in [5, 5.41) is 6.03. The number of methoxy groups -OCH3 is 2. The standard InChI is InChI=1S/C28H22Br2N2O6/c1-35-23-10-8-18(14-25(23)36-2)28(34)38-22-12-9-20(29)13-19(22)15-31-32-26(33)16-37-24-11-7-17-5-3-4-6-21(17)27(24)30/h3-15H,16H2,1-2H3,(H,32,33)/b31-15+. The number of esters is 1. The molecule has 0 heterocycles. The summed E-state index contributed by atoms with van der Waals surface area (Å²) in [5.41, 5.74) is 3.16. The number of fused-ring (bicyclic) bond motifs is 1. The Morgan fingerprint density at radius 3 is 2.39 bits per heavy atom. The molecule has 194 valence electrons. The van der Waals surface area contributed by atoms with Gasteiger partial charge in [-0.25, -0.2) is 10.2 Å². The molecule has 1 N–H and O–H groups in total. The Bertz CT molecular complexity index is 1520. The topological polar surface area (TPSA) is 95.5 Å². The van der Waals surface area contributed by atoms with Crippen LogP contribution in [-0.2, 0) is 4.79 Å². The van der Waals surface area contributed by atoms with Gasteiger partial charge in [-0.15, -0.1) is 0 Å². The van der Waals surface area contributed by atoms with E-state index in [1.165, 1.54) is 26.5 Å². The highest BCUT2D eigenvalue weighted by Crippen LogP contribution is 2.33. The summed E-state index contributed by atoms with van der Waals surface area (Å²) < 4.78 is 23.2. The van der Waals surface area contributed by atoms with Crippen LogP contribution in [0.2, 0.25) is 0 Å². The number of halogens is 2. The second-order valence-electron chi connectivity index (χ2n) is 7.82. The van der Waals surface area contributed by atoms with E-state index in [1.807, 2.05) is 30.3 Å². The minimum Gasteiger partial charge on any atom is -0.493 e. The Balaban J connectivity index is 1.40. The molecule has 0 saturated heterocycles. The predicted molar refractivity (Wildman–Crippen MR) is 152 cm³/mol. The molecular formula is C28H22Br2N2O6. The molecule has 0 unspecified atom stereocenters. The van der Waals surface area contributed by atoms with Gasteiger partial charge in [0.1, 0.15) is 11.5 Å². The first kappa shape index (κ1) is 27.2. The first-order chi connectivity index (χ1) is 18.4. The molecule has 38 heavy (non-hydrogen) atoms. The van der Waals surface area contributed by atoms with Crippen LogP contribution in [0.4, 0.5) is 0 Å². The fourth-order valence-electron chi connectivity index (χ4n) is 3.51. The molecule has 0 radical (unpaired) electrons. The van der Waals surface area contributed by atoms with Gasteiger partial charge in [0.05, 0.1) is 30.5 Å². The van der Waals surface area contributed by atoms with Gasteiger partial charge < -0.3 is 18.9 Å². The van der Waals surface area contributed by atoms with Gasteiger partial charge in [0.25, 0.3) is 5.91 Å². The van der Waals surface area contributed by atoms with E-state index in [2.05, 4.69) is 42.4 Å². The number of hydrogen-bond donors (Lipinski definition) is 1. The summed E-state index contributed by atoms with van der Waals surface area (Å²) in [4.78, 5) is 25.1. The number of hydrazone groups is 1. The lowest BCUT2D eigenvalue weighted by Crippen LogP contribution is -2.24. The highest BCUT2D eigenvalue weighted by molar-refractivity contribution is 9.11. The summed E-state index contributed by atoms with van der Waals surface area (Å²) in [6.45, 7) is -0.242. The van der Waals surface area contributed by atoms with Crippen LogP contribution in [0.5, 0.6) is 23.0 Å². The number of benzene rings is 4. The minimum atomic E-state index is -0.596. The van der Waals surface area contributed by atoms with E-state index in [4.69, 9.17) is 18.9 Å². The van der Waals surface area contributed by atoms with Gasteiger partial charge in [-0.2, -0.15) is 5.10 Å². The van der Waals surface area contributed by atoms with Crippen molar-refractivity contribution in [3.8, 4) is 23.0 Å². The maximum absolute atomic E-state index is 12.8. The molecule has 0 spiro atoms. The Kier molecular flexibility index (Phi) is 8.98. The number of hydrogen-bond acceptors (Lipinski definition) is 7. The SMILES string of the molecule is COc1ccc(C(=O)Oc2ccc(Br)cc2/C=N/NC(=O)COc2ccc3ccccc3c2Br)cc1OC. The molecule has 0 aliphatic rings. The second kappa shape index (κ2) is 12.6. The summed E-state index contributed by atoms with van der Waals surface area (Å²) in [7, 11) is 2.99. The van der Waals surface area contributed by atoms with Crippen molar-refractivity contribution in [2.24, 2.45) is 5.10 Å². The van der Waals surface area contributed by atoms with E-state index in [-0.39, 0.29) is 17.9 Å². The third kappa shape index (κ3) is 6.51. The van der Waals surface area contributed by atoms with Gasteiger partial charge in [0.2, 0.25) is 0 Å². The van der Waals surface area contributed by atoms with E-state index in [0.717, 1.165) is 19.7 Å². The number of nitrogens with one attached hydrogen (secondary N) is 1. The van der Waals surface area contributed by atoms with E-state index in [9.17, 15) is 9.59 Å². The zero-order valence-electron chi connectivity index (χ0n) is 20.4. The van der Waals surface area contributed by atoms with Crippen molar-refractivity contribution in [1.82, 2.24) is 5.43 Å². The molecule has 4 rings (SSSR count). The Hall–Kier alpha value is -3.89. The van der Waals surface area contributed by atoms with Gasteiger partial charge in [-0.1, -0.05) is 46.3 Å². The normalized spacial score (nSPS) is 10.8. The summed E-state index contributed by atoms with van der Waals surface area (Å²) in [5.74, 6) is 0.636. The molecule has 8 nitrogen and oxygen atoms in total. The van der Waals surface area contributed by atoms with Gasteiger partial charge in [-0.3, -0.25) is 4.79 Å². The van der Waals surface area contributed by atoms with E-state index < -0.39 is 11.9 Å². The highest BCUT2D eigenvalue weighted by atomic mass is 79.9. The van der Waals surface area contributed by atoms with Crippen molar-refractivity contribution in [3.05, 3.63) is 92.9 Å². The molecule has 1 amide bonds. The van der Waals surface area contributed by atoms with Crippen LogP contribution in [0.3, 0.4) is 0 Å². The predicted octanol–water partition coefficient (Wildman–Crippen LogP) is 6.13. The average Bonchev–Trinajstić information content (AvgIpc) is 2.93. The fourth-order valence-corrected chi connectivity index (χ4v) is 4.50. The van der Waals surface area contributed by atoms with Gasteiger partial charge in [-0.05, 0) is 69.2 Å². The highest BCUT2D eigenvalue weighted by Gasteiger charge is 2.15. The third-order valence-electron chi connectivity index (χ3n) is 5.37.